The number of methoxy groups -OCH3 is 1. The average molecular weight is 487 g/mol. The third kappa shape index (κ3) is 3.58. The van der Waals surface area contributed by atoms with Crippen LogP contribution in [0.25, 0.3) is 0 Å². The van der Waals surface area contributed by atoms with Crippen LogP contribution in [0.3, 0.4) is 0 Å². The van der Waals surface area contributed by atoms with Gasteiger partial charge < -0.3 is 20.1 Å². The second kappa shape index (κ2) is 7.81. The second-order valence-electron chi connectivity index (χ2n) is 4.76. The van der Waals surface area contributed by atoms with E-state index in [0.29, 0.717) is 4.47 Å². The van der Waals surface area contributed by atoms with Crippen molar-refractivity contribution in [1.29, 1.82) is 0 Å². The molecule has 1 aromatic rings. The number of rotatable bonds is 5. The maximum Gasteiger partial charge on any atom is 0.337 e. The highest BCUT2D eigenvalue weighted by Crippen LogP contribution is 2.39. The Morgan fingerprint density at radius 3 is 2.79 bits per heavy atom. The minimum atomic E-state index is -0.708. The highest BCUT2D eigenvalue weighted by Gasteiger charge is 2.35. The number of hydrogen-bond donors (Lipinski definition) is 2. The molecule has 0 unspecified atom stereocenters. The van der Waals surface area contributed by atoms with E-state index in [4.69, 9.17) is 16.7 Å². The maximum atomic E-state index is 14.0. The summed E-state index contributed by atoms with van der Waals surface area (Å²) in [5.41, 5.74) is 0.246. The van der Waals surface area contributed by atoms with Crippen LogP contribution in [0.15, 0.2) is 26.3 Å². The predicted octanol–water partition coefficient (Wildman–Crippen LogP) is 2.68. The highest BCUT2D eigenvalue weighted by atomic mass is 79.9. The summed E-state index contributed by atoms with van der Waals surface area (Å²) in [6.07, 6.45) is 0. The van der Waals surface area contributed by atoms with E-state index in [9.17, 15) is 14.0 Å². The van der Waals surface area contributed by atoms with Gasteiger partial charge in [-0.2, -0.15) is 0 Å². The van der Waals surface area contributed by atoms with Gasteiger partial charge in [-0.1, -0.05) is 11.6 Å². The molecule has 0 bridgehead atoms. The lowest BCUT2D eigenvalue weighted by Crippen LogP contribution is -2.31. The molecule has 0 spiro atoms. The van der Waals surface area contributed by atoms with Crippen LogP contribution in [0.4, 0.5) is 10.1 Å². The number of nitrogens with one attached hydrogen (secondary N) is 1. The van der Waals surface area contributed by atoms with Crippen molar-refractivity contribution in [3.63, 3.8) is 0 Å². The molecule has 0 aliphatic carbocycles. The van der Waals surface area contributed by atoms with Crippen molar-refractivity contribution in [2.45, 2.75) is 0 Å². The molecule has 0 aromatic heterocycles. The maximum absolute atomic E-state index is 14.0. The summed E-state index contributed by atoms with van der Waals surface area (Å²) in [7, 11) is 1.19. The number of benzene rings is 1. The Morgan fingerprint density at radius 1 is 1.54 bits per heavy atom. The first kappa shape index (κ1) is 19.2. The Labute approximate surface area is 158 Å². The van der Waals surface area contributed by atoms with Crippen LogP contribution in [0.2, 0.25) is 5.02 Å². The van der Waals surface area contributed by atoms with Crippen LogP contribution in [-0.2, 0) is 14.3 Å². The molecule has 2 N–H and O–H groups in total. The van der Waals surface area contributed by atoms with Gasteiger partial charge in [0.25, 0.3) is 5.91 Å². The summed E-state index contributed by atoms with van der Waals surface area (Å²) in [5.74, 6) is -1.90. The molecule has 1 aliphatic heterocycles. The number of aliphatic hydroxyl groups is 1. The molecule has 0 saturated heterocycles. The first-order valence-corrected chi connectivity index (χ1v) is 8.59. The van der Waals surface area contributed by atoms with Crippen molar-refractivity contribution < 1.29 is 23.8 Å². The number of hydrogen-bond acceptors (Lipinski definition) is 5. The zero-order valence-corrected chi connectivity index (χ0v) is 16.3. The largest absolute Gasteiger partial charge is 0.466 e. The Hall–Kier alpha value is -1.16. The van der Waals surface area contributed by atoms with Crippen molar-refractivity contribution in [3.8, 4) is 0 Å². The number of nitrogens with zero attached hydrogens (tertiary/aromatic N) is 1. The molecule has 1 aromatic carbocycles. The number of halogens is 4. The number of carbonyl (C=O) groups excluding carboxylic acids is 2. The van der Waals surface area contributed by atoms with Crippen LogP contribution in [0.5, 0.6) is 0 Å². The first-order valence-electron chi connectivity index (χ1n) is 6.63. The average Bonchev–Trinajstić information content (AvgIpc) is 2.85. The number of amides is 1. The second-order valence-corrected chi connectivity index (χ2v) is 6.82. The van der Waals surface area contributed by atoms with Gasteiger partial charge in [-0.3, -0.25) is 4.79 Å². The van der Waals surface area contributed by atoms with Gasteiger partial charge in [0.1, 0.15) is 5.70 Å². The molecule has 1 amide bonds. The molecule has 1 aliphatic rings. The number of carbonyl (C=O) groups is 2. The SMILES string of the molecule is COC(=O)C1=C(Nc2c(Br)cc(Cl)c(F)c2Br)C(=O)N(CCO)C1. The normalized spacial score (nSPS) is 14.4. The first-order chi connectivity index (χ1) is 11.3. The van der Waals surface area contributed by atoms with E-state index in [1.807, 2.05) is 0 Å². The van der Waals surface area contributed by atoms with Gasteiger partial charge in [0.2, 0.25) is 0 Å². The molecule has 0 fully saturated rings. The minimum Gasteiger partial charge on any atom is -0.466 e. The van der Waals surface area contributed by atoms with Gasteiger partial charge in [-0.25, -0.2) is 9.18 Å². The van der Waals surface area contributed by atoms with Gasteiger partial charge in [-0.05, 0) is 37.9 Å². The monoisotopic (exact) mass is 484 g/mol. The number of ether oxygens (including phenoxy) is 1. The third-order valence-corrected chi connectivity index (χ3v) is 4.96. The summed E-state index contributed by atoms with van der Waals surface area (Å²) in [6, 6.07) is 1.33. The standard InChI is InChI=1S/C14H12Br2ClFN2O4/c1-24-14(23)6-5-20(2-3-21)13(22)11(6)19-12-7(15)4-8(17)10(18)9(12)16/h4,19,21H,2-3,5H2,1H3. The molecule has 0 radical (unpaired) electrons. The lowest BCUT2D eigenvalue weighted by molar-refractivity contribution is -0.136. The Balaban J connectivity index is 2.47. The molecule has 0 saturated carbocycles. The van der Waals surface area contributed by atoms with E-state index < -0.39 is 17.7 Å². The fourth-order valence-electron chi connectivity index (χ4n) is 2.15. The van der Waals surface area contributed by atoms with Gasteiger partial charge in [-0.15, -0.1) is 0 Å². The van der Waals surface area contributed by atoms with E-state index >= 15 is 0 Å². The Bertz CT molecular complexity index is 742. The summed E-state index contributed by atoms with van der Waals surface area (Å²) >= 11 is 12.1. The van der Waals surface area contributed by atoms with E-state index in [1.165, 1.54) is 18.1 Å². The smallest absolute Gasteiger partial charge is 0.337 e. The lowest BCUT2D eigenvalue weighted by Gasteiger charge is -2.16. The van der Waals surface area contributed by atoms with E-state index in [-0.39, 0.29) is 46.1 Å². The summed E-state index contributed by atoms with van der Waals surface area (Å²) in [6.45, 7) is -0.210. The molecule has 6 nitrogen and oxygen atoms in total. The molecule has 130 valence electrons. The topological polar surface area (TPSA) is 78.9 Å². The van der Waals surface area contributed by atoms with Crippen LogP contribution in [0.1, 0.15) is 0 Å². The number of β-amino-alcohol motifs (C(OH)–C–C–N with tert-alkyl or cyclic N) is 1. The molecule has 24 heavy (non-hydrogen) atoms. The minimum absolute atomic E-state index is 0.00648. The summed E-state index contributed by atoms with van der Waals surface area (Å²) < 4.78 is 19.1. The van der Waals surface area contributed by atoms with Crippen LogP contribution >= 0.6 is 43.5 Å². The molecular weight excluding hydrogens is 474 g/mol. The fraction of sp³-hybridized carbons (Fsp3) is 0.286. The zero-order chi connectivity index (χ0) is 18.0. The van der Waals surface area contributed by atoms with Gasteiger partial charge >= 0.3 is 5.97 Å². The van der Waals surface area contributed by atoms with E-state index in [1.54, 1.807) is 0 Å². The molecule has 1 heterocycles. The van der Waals surface area contributed by atoms with Crippen LogP contribution in [0, 0.1) is 5.82 Å². The van der Waals surface area contributed by atoms with Crippen molar-refractivity contribution in [2.24, 2.45) is 0 Å². The van der Waals surface area contributed by atoms with Crippen molar-refractivity contribution in [2.75, 3.05) is 32.1 Å². The van der Waals surface area contributed by atoms with Crippen molar-refractivity contribution in [3.05, 3.63) is 37.1 Å². The van der Waals surface area contributed by atoms with Crippen LogP contribution < -0.4 is 5.32 Å². The fourth-order valence-corrected chi connectivity index (χ4v) is 3.92. The van der Waals surface area contributed by atoms with Crippen molar-refractivity contribution >= 4 is 61.0 Å². The van der Waals surface area contributed by atoms with Crippen molar-refractivity contribution in [1.82, 2.24) is 4.90 Å². The molecule has 0 atom stereocenters. The molecular formula is C14H12Br2ClFN2O4. The predicted molar refractivity (Wildman–Crippen MR) is 93.1 cm³/mol. The van der Waals surface area contributed by atoms with Crippen LogP contribution in [-0.4, -0.2) is 48.7 Å². The zero-order valence-electron chi connectivity index (χ0n) is 12.3. The summed E-state index contributed by atoms with van der Waals surface area (Å²) in [5, 5.41) is 11.7. The number of anilines is 1. The quantitative estimate of drug-likeness (QED) is 0.380. The van der Waals surface area contributed by atoms with E-state index in [2.05, 4.69) is 41.9 Å². The van der Waals surface area contributed by atoms with Gasteiger partial charge in [0.05, 0.1) is 41.0 Å². The Morgan fingerprint density at radius 2 is 2.21 bits per heavy atom. The Kier molecular flexibility index (Phi) is 6.24. The van der Waals surface area contributed by atoms with Gasteiger partial charge in [0, 0.05) is 11.0 Å². The summed E-state index contributed by atoms with van der Waals surface area (Å²) in [4.78, 5) is 25.6. The molecule has 10 heteroatoms. The van der Waals surface area contributed by atoms with Gasteiger partial charge in [0.15, 0.2) is 5.82 Å². The lowest BCUT2D eigenvalue weighted by atomic mass is 10.2. The number of aliphatic hydroxyl groups excluding tert-OH is 1. The number of esters is 1. The van der Waals surface area contributed by atoms with E-state index in [0.717, 1.165) is 0 Å². The molecule has 2 rings (SSSR count). The highest BCUT2D eigenvalue weighted by molar-refractivity contribution is 9.11. The third-order valence-electron chi connectivity index (χ3n) is 3.32.